The predicted molar refractivity (Wildman–Crippen MR) is 81.2 cm³/mol. The van der Waals surface area contributed by atoms with Crippen molar-refractivity contribution in [2.24, 2.45) is 0 Å². The van der Waals surface area contributed by atoms with Gasteiger partial charge in [-0.2, -0.15) is 0 Å². The van der Waals surface area contributed by atoms with Gasteiger partial charge in [-0.3, -0.25) is 0 Å². The first kappa shape index (κ1) is 15.0. The molecule has 0 unspecified atom stereocenters. The topological polar surface area (TPSA) is 53.5 Å². The molecule has 0 radical (unpaired) electrons. The minimum Gasteiger partial charge on any atom is -0.374 e. The average Bonchev–Trinajstić information content (AvgIpc) is 2.46. The Balaban J connectivity index is 2.15. The fourth-order valence-corrected chi connectivity index (χ4v) is 2.21. The lowest BCUT2D eigenvalue weighted by atomic mass is 10.3. The average molecular weight is 279 g/mol. The Morgan fingerprint density at radius 3 is 2.60 bits per heavy atom. The van der Waals surface area contributed by atoms with Crippen LogP contribution in [0.2, 0.25) is 0 Å². The molecule has 0 atom stereocenters. The number of ether oxygens (including phenoxy) is 1. The molecule has 20 heavy (non-hydrogen) atoms. The second-order valence-electron chi connectivity index (χ2n) is 4.99. The highest BCUT2D eigenvalue weighted by molar-refractivity contribution is 5.49. The van der Waals surface area contributed by atoms with E-state index in [9.17, 15) is 0 Å². The molecule has 1 aromatic heterocycles. The molecule has 1 aliphatic rings. The van der Waals surface area contributed by atoms with Crippen LogP contribution in [0.25, 0.3) is 0 Å². The number of hydrogen-bond acceptors (Lipinski definition) is 6. The molecule has 0 aromatic carbocycles. The van der Waals surface area contributed by atoms with Crippen LogP contribution in [0.5, 0.6) is 0 Å². The molecule has 0 amide bonds. The van der Waals surface area contributed by atoms with E-state index in [2.05, 4.69) is 39.1 Å². The number of piperazine rings is 1. The molecule has 1 aromatic rings. The molecule has 0 saturated carbocycles. The van der Waals surface area contributed by atoms with Gasteiger partial charge in [0.2, 0.25) is 0 Å². The summed E-state index contributed by atoms with van der Waals surface area (Å²) in [5, 5.41) is 3.27. The van der Waals surface area contributed by atoms with Gasteiger partial charge in [-0.1, -0.05) is 0 Å². The Hall–Kier alpha value is -1.40. The molecule has 2 rings (SSSR count). The molecule has 6 nitrogen and oxygen atoms in total. The van der Waals surface area contributed by atoms with Crippen LogP contribution in [0.15, 0.2) is 6.07 Å². The maximum atomic E-state index is 5.43. The van der Waals surface area contributed by atoms with Crippen LogP contribution in [-0.2, 0) is 11.3 Å². The highest BCUT2D eigenvalue weighted by atomic mass is 16.5. The largest absolute Gasteiger partial charge is 0.374 e. The van der Waals surface area contributed by atoms with Gasteiger partial charge in [0.15, 0.2) is 5.82 Å². The molecule has 0 spiro atoms. The van der Waals surface area contributed by atoms with Crippen LogP contribution in [0.3, 0.4) is 0 Å². The maximum absolute atomic E-state index is 5.43. The van der Waals surface area contributed by atoms with E-state index >= 15 is 0 Å². The zero-order chi connectivity index (χ0) is 14.4. The normalized spacial score (nSPS) is 16.4. The summed E-state index contributed by atoms with van der Waals surface area (Å²) >= 11 is 0. The van der Waals surface area contributed by atoms with Crippen molar-refractivity contribution in [3.8, 4) is 0 Å². The zero-order valence-electron chi connectivity index (χ0n) is 12.7. The molecule has 1 aliphatic heterocycles. The molecule has 0 aliphatic carbocycles. The van der Waals surface area contributed by atoms with Gasteiger partial charge >= 0.3 is 0 Å². The van der Waals surface area contributed by atoms with Gasteiger partial charge in [0.05, 0.1) is 0 Å². The van der Waals surface area contributed by atoms with Gasteiger partial charge < -0.3 is 19.9 Å². The zero-order valence-corrected chi connectivity index (χ0v) is 12.7. The number of aromatic nitrogens is 2. The fourth-order valence-electron chi connectivity index (χ4n) is 2.21. The minimum atomic E-state index is 0.469. The number of hydrogen-bond donors (Lipinski definition) is 1. The SMILES string of the molecule is CCNc1cc(N2CCN(C)CC2)nc(COCC)n1. The van der Waals surface area contributed by atoms with Crippen molar-refractivity contribution >= 4 is 11.6 Å². The number of likely N-dealkylation sites (N-methyl/N-ethyl adjacent to an activating group) is 1. The highest BCUT2D eigenvalue weighted by Gasteiger charge is 2.17. The summed E-state index contributed by atoms with van der Waals surface area (Å²) in [6, 6.07) is 2.03. The van der Waals surface area contributed by atoms with E-state index in [0.717, 1.165) is 50.2 Å². The van der Waals surface area contributed by atoms with E-state index in [4.69, 9.17) is 4.74 Å². The monoisotopic (exact) mass is 279 g/mol. The van der Waals surface area contributed by atoms with Gasteiger partial charge in [0, 0.05) is 45.4 Å². The van der Waals surface area contributed by atoms with Crippen LogP contribution >= 0.6 is 0 Å². The maximum Gasteiger partial charge on any atom is 0.158 e. The number of anilines is 2. The van der Waals surface area contributed by atoms with Crippen molar-refractivity contribution in [2.75, 3.05) is 56.6 Å². The molecular formula is C14H25N5O. The smallest absolute Gasteiger partial charge is 0.158 e. The van der Waals surface area contributed by atoms with E-state index < -0.39 is 0 Å². The Labute approximate surface area is 121 Å². The Kier molecular flexibility index (Phi) is 5.55. The standard InChI is InChI=1S/C14H25N5O/c1-4-15-12-10-14(17-13(16-12)11-20-5-2)19-8-6-18(3)7-9-19/h10H,4-9,11H2,1-3H3,(H,15,16,17). The second kappa shape index (κ2) is 7.40. The van der Waals surface area contributed by atoms with Gasteiger partial charge in [-0.25, -0.2) is 9.97 Å². The summed E-state index contributed by atoms with van der Waals surface area (Å²) in [6.07, 6.45) is 0. The lowest BCUT2D eigenvalue weighted by molar-refractivity contribution is 0.128. The first-order valence-corrected chi connectivity index (χ1v) is 7.36. The van der Waals surface area contributed by atoms with Gasteiger partial charge in [-0.05, 0) is 20.9 Å². The molecule has 0 bridgehead atoms. The first-order valence-electron chi connectivity index (χ1n) is 7.36. The Bertz CT molecular complexity index is 418. The van der Waals surface area contributed by atoms with Gasteiger partial charge in [0.1, 0.15) is 18.2 Å². The summed E-state index contributed by atoms with van der Waals surface area (Å²) in [5.41, 5.74) is 0. The summed E-state index contributed by atoms with van der Waals surface area (Å²) in [4.78, 5) is 13.8. The third-order valence-corrected chi connectivity index (χ3v) is 3.38. The third-order valence-electron chi connectivity index (χ3n) is 3.38. The van der Waals surface area contributed by atoms with Gasteiger partial charge in [-0.15, -0.1) is 0 Å². The second-order valence-corrected chi connectivity index (χ2v) is 4.99. The van der Waals surface area contributed by atoms with E-state index in [1.807, 2.05) is 13.0 Å². The van der Waals surface area contributed by atoms with Crippen LogP contribution in [0.1, 0.15) is 19.7 Å². The van der Waals surface area contributed by atoms with E-state index in [1.165, 1.54) is 0 Å². The lowest BCUT2D eigenvalue weighted by Crippen LogP contribution is -2.45. The predicted octanol–water partition coefficient (Wildman–Crippen LogP) is 1.20. The Morgan fingerprint density at radius 2 is 1.95 bits per heavy atom. The first-order chi connectivity index (χ1) is 9.72. The van der Waals surface area contributed by atoms with E-state index in [-0.39, 0.29) is 0 Å². The number of nitrogens with zero attached hydrogens (tertiary/aromatic N) is 4. The fraction of sp³-hybridized carbons (Fsp3) is 0.714. The molecule has 1 saturated heterocycles. The summed E-state index contributed by atoms with van der Waals surface area (Å²) in [6.45, 7) is 10.2. The molecule has 112 valence electrons. The van der Waals surface area contributed by atoms with Crippen molar-refractivity contribution in [1.29, 1.82) is 0 Å². The van der Waals surface area contributed by atoms with Crippen molar-refractivity contribution in [3.63, 3.8) is 0 Å². The van der Waals surface area contributed by atoms with E-state index in [1.54, 1.807) is 0 Å². The van der Waals surface area contributed by atoms with Crippen molar-refractivity contribution in [2.45, 2.75) is 20.5 Å². The quantitative estimate of drug-likeness (QED) is 0.844. The van der Waals surface area contributed by atoms with Gasteiger partial charge in [0.25, 0.3) is 0 Å². The number of rotatable bonds is 6. The summed E-state index contributed by atoms with van der Waals surface area (Å²) in [5.74, 6) is 2.63. The number of nitrogens with one attached hydrogen (secondary N) is 1. The molecule has 2 heterocycles. The van der Waals surface area contributed by atoms with Crippen LogP contribution in [0, 0.1) is 0 Å². The highest BCUT2D eigenvalue weighted by Crippen LogP contribution is 2.18. The molecule has 6 heteroatoms. The van der Waals surface area contributed by atoms with Crippen LogP contribution in [-0.4, -0.2) is 61.2 Å². The van der Waals surface area contributed by atoms with Crippen molar-refractivity contribution < 1.29 is 4.74 Å². The molecule has 1 N–H and O–H groups in total. The van der Waals surface area contributed by atoms with Crippen LogP contribution in [0.4, 0.5) is 11.6 Å². The third kappa shape index (κ3) is 4.05. The molecular weight excluding hydrogens is 254 g/mol. The Morgan fingerprint density at radius 1 is 1.20 bits per heavy atom. The van der Waals surface area contributed by atoms with Crippen LogP contribution < -0.4 is 10.2 Å². The van der Waals surface area contributed by atoms with Crippen molar-refractivity contribution in [3.05, 3.63) is 11.9 Å². The minimum absolute atomic E-state index is 0.469. The lowest BCUT2D eigenvalue weighted by Gasteiger charge is -2.33. The van der Waals surface area contributed by atoms with E-state index in [0.29, 0.717) is 13.2 Å². The van der Waals surface area contributed by atoms with Crippen molar-refractivity contribution in [1.82, 2.24) is 14.9 Å². The molecule has 1 fully saturated rings. The summed E-state index contributed by atoms with van der Waals surface area (Å²) in [7, 11) is 2.15. The summed E-state index contributed by atoms with van der Waals surface area (Å²) < 4.78 is 5.43.